The molecule has 1 aromatic heterocycles. The molecule has 1 saturated carbocycles. The zero-order chi connectivity index (χ0) is 14.6. The third-order valence-electron chi connectivity index (χ3n) is 3.31. The van der Waals surface area contributed by atoms with Crippen molar-refractivity contribution in [2.24, 2.45) is 5.41 Å². The van der Waals surface area contributed by atoms with Crippen LogP contribution >= 0.6 is 11.8 Å². The van der Waals surface area contributed by atoms with E-state index in [0.29, 0.717) is 6.42 Å². The second kappa shape index (κ2) is 6.30. The Balaban J connectivity index is 1.95. The average Bonchev–Trinajstić information content (AvgIpc) is 3.16. The lowest BCUT2D eigenvalue weighted by Crippen LogP contribution is -2.13. The fraction of sp³-hybridized carbons (Fsp3) is 0.615. The van der Waals surface area contributed by atoms with Crippen LogP contribution in [0.15, 0.2) is 11.1 Å². The molecule has 1 heterocycles. The molecule has 0 unspecified atom stereocenters. The van der Waals surface area contributed by atoms with E-state index >= 15 is 0 Å². The summed E-state index contributed by atoms with van der Waals surface area (Å²) < 4.78 is 4.74. The normalized spacial score (nSPS) is 15.7. The summed E-state index contributed by atoms with van der Waals surface area (Å²) in [5.41, 5.74) is 5.78. The van der Waals surface area contributed by atoms with Crippen LogP contribution in [-0.2, 0) is 9.53 Å². The van der Waals surface area contributed by atoms with E-state index in [4.69, 9.17) is 10.5 Å². The highest BCUT2D eigenvalue weighted by atomic mass is 32.2. The number of carbonyl (C=O) groups is 1. The van der Waals surface area contributed by atoms with Gasteiger partial charge < -0.3 is 15.8 Å². The van der Waals surface area contributed by atoms with Crippen LogP contribution in [0.3, 0.4) is 0 Å². The second-order valence-corrected chi connectivity index (χ2v) is 6.02. The molecule has 0 aliphatic heterocycles. The van der Waals surface area contributed by atoms with E-state index < -0.39 is 0 Å². The summed E-state index contributed by atoms with van der Waals surface area (Å²) in [4.78, 5) is 19.7. The first kappa shape index (κ1) is 14.9. The van der Waals surface area contributed by atoms with Crippen LogP contribution in [0.25, 0.3) is 0 Å². The summed E-state index contributed by atoms with van der Waals surface area (Å²) in [7, 11) is 1.43. The summed E-state index contributed by atoms with van der Waals surface area (Å²) in [5, 5.41) is 3.96. The molecule has 110 valence electrons. The van der Waals surface area contributed by atoms with E-state index in [1.54, 1.807) is 11.8 Å². The number of nitrogens with two attached hydrogens (primary N) is 1. The number of methoxy groups -OCH3 is 1. The Kier molecular flexibility index (Phi) is 4.69. The molecule has 2 rings (SSSR count). The van der Waals surface area contributed by atoms with Crippen molar-refractivity contribution in [2.75, 3.05) is 30.5 Å². The molecule has 0 radical (unpaired) electrons. The number of hydrogen-bond donors (Lipinski definition) is 2. The van der Waals surface area contributed by atoms with Gasteiger partial charge in [-0.05, 0) is 25.2 Å². The molecule has 3 N–H and O–H groups in total. The van der Waals surface area contributed by atoms with Crippen LogP contribution in [0, 0.1) is 5.41 Å². The van der Waals surface area contributed by atoms with E-state index in [2.05, 4.69) is 15.3 Å². The van der Waals surface area contributed by atoms with Gasteiger partial charge in [0.25, 0.3) is 0 Å². The minimum atomic E-state index is -0.140. The van der Waals surface area contributed by atoms with Gasteiger partial charge in [0.1, 0.15) is 10.8 Å². The molecule has 0 bridgehead atoms. The molecule has 1 aliphatic carbocycles. The molecular weight excluding hydrogens is 276 g/mol. The number of thioether (sulfide) groups is 1. The second-order valence-electron chi connectivity index (χ2n) is 5.02. The van der Waals surface area contributed by atoms with Crippen molar-refractivity contribution in [3.63, 3.8) is 0 Å². The van der Waals surface area contributed by atoms with Crippen molar-refractivity contribution in [3.8, 4) is 0 Å². The van der Waals surface area contributed by atoms with Crippen molar-refractivity contribution in [1.29, 1.82) is 0 Å². The molecule has 0 amide bonds. The number of aromatic nitrogens is 2. The maximum atomic E-state index is 11.4. The summed E-state index contributed by atoms with van der Waals surface area (Å²) in [6.07, 6.45) is 2.61. The fourth-order valence-corrected chi connectivity index (χ4v) is 3.14. The van der Waals surface area contributed by atoms with Crippen LogP contribution in [0.5, 0.6) is 0 Å². The summed E-state index contributed by atoms with van der Waals surface area (Å²) in [6.45, 7) is 2.79. The topological polar surface area (TPSA) is 90.1 Å². The first-order valence-electron chi connectivity index (χ1n) is 6.65. The molecule has 0 spiro atoms. The van der Waals surface area contributed by atoms with Gasteiger partial charge in [-0.25, -0.2) is 4.98 Å². The van der Waals surface area contributed by atoms with Crippen molar-refractivity contribution in [2.45, 2.75) is 31.2 Å². The monoisotopic (exact) mass is 296 g/mol. The highest BCUT2D eigenvalue weighted by Gasteiger charge is 2.44. The van der Waals surface area contributed by atoms with Gasteiger partial charge in [0.2, 0.25) is 5.95 Å². The van der Waals surface area contributed by atoms with Gasteiger partial charge in [0.15, 0.2) is 0 Å². The quantitative estimate of drug-likeness (QED) is 0.451. The maximum Gasteiger partial charge on any atom is 0.306 e. The van der Waals surface area contributed by atoms with Crippen LogP contribution < -0.4 is 11.1 Å². The van der Waals surface area contributed by atoms with Gasteiger partial charge in [-0.15, -0.1) is 11.8 Å². The minimum absolute atomic E-state index is 0.0792. The highest BCUT2D eigenvalue weighted by Crippen LogP contribution is 2.52. The van der Waals surface area contributed by atoms with Gasteiger partial charge in [-0.1, -0.05) is 0 Å². The van der Waals surface area contributed by atoms with Crippen molar-refractivity contribution >= 4 is 29.5 Å². The van der Waals surface area contributed by atoms with Gasteiger partial charge in [-0.3, -0.25) is 4.79 Å². The highest BCUT2D eigenvalue weighted by molar-refractivity contribution is 7.99. The fourth-order valence-electron chi connectivity index (χ4n) is 1.94. The standard InChI is InChI=1S/C13H20N4O2S/c1-3-15-9-6-10(17-12(14)16-9)20-8-13(4-5-13)7-11(18)19-2/h6H,3-5,7-8H2,1-2H3,(H3,14,15,16,17). The smallest absolute Gasteiger partial charge is 0.306 e. The first-order chi connectivity index (χ1) is 9.57. The number of carbonyl (C=O) groups excluding carboxylic acids is 1. The van der Waals surface area contributed by atoms with E-state index in [9.17, 15) is 4.79 Å². The summed E-state index contributed by atoms with van der Waals surface area (Å²) in [6, 6.07) is 1.89. The Morgan fingerprint density at radius 3 is 2.90 bits per heavy atom. The molecule has 20 heavy (non-hydrogen) atoms. The predicted octanol–water partition coefficient (Wildman–Crippen LogP) is 1.93. The van der Waals surface area contributed by atoms with Crippen LogP contribution in [-0.4, -0.2) is 35.3 Å². The Hall–Kier alpha value is -1.50. The predicted molar refractivity (Wildman–Crippen MR) is 79.6 cm³/mol. The molecule has 6 nitrogen and oxygen atoms in total. The summed E-state index contributed by atoms with van der Waals surface area (Å²) >= 11 is 1.62. The Labute approximate surface area is 122 Å². The molecule has 1 aliphatic rings. The molecule has 1 fully saturated rings. The van der Waals surface area contributed by atoms with E-state index in [-0.39, 0.29) is 17.3 Å². The molecule has 7 heteroatoms. The van der Waals surface area contributed by atoms with Gasteiger partial charge >= 0.3 is 5.97 Å². The number of ether oxygens (including phenoxy) is 1. The average molecular weight is 296 g/mol. The zero-order valence-electron chi connectivity index (χ0n) is 11.8. The van der Waals surface area contributed by atoms with Crippen molar-refractivity contribution < 1.29 is 9.53 Å². The largest absolute Gasteiger partial charge is 0.469 e. The molecule has 1 aromatic rings. The number of rotatable bonds is 7. The van der Waals surface area contributed by atoms with Crippen molar-refractivity contribution in [3.05, 3.63) is 6.07 Å². The third kappa shape index (κ3) is 4.00. The summed E-state index contributed by atoms with van der Waals surface area (Å²) in [5.74, 6) is 1.71. The third-order valence-corrected chi connectivity index (χ3v) is 4.57. The van der Waals surface area contributed by atoms with Crippen molar-refractivity contribution in [1.82, 2.24) is 9.97 Å². The molecule has 0 saturated heterocycles. The SMILES string of the molecule is CCNc1cc(SCC2(CC(=O)OC)CC2)nc(N)n1. The Morgan fingerprint density at radius 1 is 1.55 bits per heavy atom. The van der Waals surface area contributed by atoms with E-state index in [0.717, 1.165) is 36.0 Å². The van der Waals surface area contributed by atoms with Crippen LogP contribution in [0.1, 0.15) is 26.2 Å². The Bertz CT molecular complexity index is 491. The number of nitrogens with zero attached hydrogens (tertiary/aromatic N) is 2. The van der Waals surface area contributed by atoms with E-state index in [1.165, 1.54) is 7.11 Å². The van der Waals surface area contributed by atoms with Gasteiger partial charge in [0, 0.05) is 18.4 Å². The molecule has 0 aromatic carbocycles. The molecule has 0 atom stereocenters. The minimum Gasteiger partial charge on any atom is -0.469 e. The Morgan fingerprint density at radius 2 is 2.30 bits per heavy atom. The number of esters is 1. The number of nitrogens with one attached hydrogen (secondary N) is 1. The lowest BCUT2D eigenvalue weighted by Gasteiger charge is -2.13. The van der Waals surface area contributed by atoms with Gasteiger partial charge in [0.05, 0.1) is 13.5 Å². The van der Waals surface area contributed by atoms with Crippen LogP contribution in [0.2, 0.25) is 0 Å². The van der Waals surface area contributed by atoms with E-state index in [1.807, 2.05) is 13.0 Å². The number of nitrogen functional groups attached to an aromatic ring is 1. The number of anilines is 2. The maximum absolute atomic E-state index is 11.4. The first-order valence-corrected chi connectivity index (χ1v) is 7.63. The zero-order valence-corrected chi connectivity index (χ0v) is 12.6. The lowest BCUT2D eigenvalue weighted by molar-refractivity contribution is -0.141. The van der Waals surface area contributed by atoms with Crippen LogP contribution in [0.4, 0.5) is 11.8 Å². The lowest BCUT2D eigenvalue weighted by atomic mass is 10.1. The van der Waals surface area contributed by atoms with Gasteiger partial charge in [-0.2, -0.15) is 4.98 Å². The molecular formula is C13H20N4O2S. The number of hydrogen-bond acceptors (Lipinski definition) is 7.